The molecule has 0 radical (unpaired) electrons. The molecule has 2 aromatic carbocycles. The zero-order valence-electron chi connectivity index (χ0n) is 17.8. The van der Waals surface area contributed by atoms with Gasteiger partial charge in [0.1, 0.15) is 0 Å². The number of hydrogen-bond acceptors (Lipinski definition) is 6. The highest BCUT2D eigenvalue weighted by molar-refractivity contribution is 7.99. The van der Waals surface area contributed by atoms with Gasteiger partial charge < -0.3 is 0 Å². The minimum atomic E-state index is -0.214. The van der Waals surface area contributed by atoms with Crippen molar-refractivity contribution < 1.29 is 4.79 Å². The molecule has 7 nitrogen and oxygen atoms in total. The van der Waals surface area contributed by atoms with Gasteiger partial charge in [-0.15, -0.1) is 10.2 Å². The Labute approximate surface area is 190 Å². The highest BCUT2D eigenvalue weighted by Crippen LogP contribution is 2.27. The molecule has 32 heavy (non-hydrogen) atoms. The number of nitrogens with one attached hydrogen (secondary N) is 1. The van der Waals surface area contributed by atoms with Gasteiger partial charge in [0.05, 0.1) is 11.5 Å². The van der Waals surface area contributed by atoms with Crippen molar-refractivity contribution in [3.63, 3.8) is 0 Å². The standard InChI is InChI=1S/C24H22N6OS/c1-17-8-10-21(11-9-17)30-23(20-12-14-25-15-13-20)28-29-24(30)32-16-22(31)27-26-18(2)19-6-4-3-5-7-19/h3-15H,16H2,1-2H3,(H,27,31)/b26-18-. The van der Waals surface area contributed by atoms with E-state index in [9.17, 15) is 4.79 Å². The Morgan fingerprint density at radius 2 is 1.72 bits per heavy atom. The van der Waals surface area contributed by atoms with Gasteiger partial charge in [0.15, 0.2) is 11.0 Å². The Morgan fingerprint density at radius 1 is 1.00 bits per heavy atom. The molecule has 0 saturated carbocycles. The minimum absolute atomic E-state index is 0.159. The molecule has 0 unspecified atom stereocenters. The van der Waals surface area contributed by atoms with Crippen LogP contribution in [0.5, 0.6) is 0 Å². The summed E-state index contributed by atoms with van der Waals surface area (Å²) in [5.74, 6) is 0.637. The number of benzene rings is 2. The molecule has 0 aliphatic carbocycles. The van der Waals surface area contributed by atoms with Crippen LogP contribution >= 0.6 is 11.8 Å². The summed E-state index contributed by atoms with van der Waals surface area (Å²) in [5.41, 5.74) is 7.30. The number of hydrazone groups is 1. The summed E-state index contributed by atoms with van der Waals surface area (Å²) in [5, 5.41) is 13.6. The van der Waals surface area contributed by atoms with Crippen molar-refractivity contribution in [2.45, 2.75) is 19.0 Å². The fourth-order valence-corrected chi connectivity index (χ4v) is 3.77. The topological polar surface area (TPSA) is 85.1 Å². The van der Waals surface area contributed by atoms with Gasteiger partial charge in [-0.3, -0.25) is 14.3 Å². The van der Waals surface area contributed by atoms with E-state index in [4.69, 9.17) is 0 Å². The lowest BCUT2D eigenvalue weighted by Gasteiger charge is -2.10. The summed E-state index contributed by atoms with van der Waals surface area (Å²) in [4.78, 5) is 16.5. The first kappa shape index (κ1) is 21.5. The first-order valence-corrected chi connectivity index (χ1v) is 11.0. The van der Waals surface area contributed by atoms with Crippen LogP contribution in [0.4, 0.5) is 0 Å². The predicted molar refractivity (Wildman–Crippen MR) is 127 cm³/mol. The highest BCUT2D eigenvalue weighted by Gasteiger charge is 2.17. The normalized spacial score (nSPS) is 11.4. The van der Waals surface area contributed by atoms with Crippen LogP contribution < -0.4 is 5.43 Å². The van der Waals surface area contributed by atoms with E-state index >= 15 is 0 Å². The first-order valence-electron chi connectivity index (χ1n) is 10.1. The van der Waals surface area contributed by atoms with Crippen molar-refractivity contribution in [2.24, 2.45) is 5.10 Å². The molecule has 0 saturated heterocycles. The lowest BCUT2D eigenvalue weighted by molar-refractivity contribution is -0.118. The Bertz CT molecular complexity index is 1220. The van der Waals surface area contributed by atoms with Crippen LogP contribution in [0, 0.1) is 6.92 Å². The summed E-state index contributed by atoms with van der Waals surface area (Å²) in [6.07, 6.45) is 3.44. The van der Waals surface area contributed by atoms with Gasteiger partial charge >= 0.3 is 0 Å². The Morgan fingerprint density at radius 3 is 2.44 bits per heavy atom. The van der Waals surface area contributed by atoms with E-state index in [1.54, 1.807) is 12.4 Å². The van der Waals surface area contributed by atoms with E-state index < -0.39 is 0 Å². The third-order valence-electron chi connectivity index (χ3n) is 4.74. The maximum atomic E-state index is 12.4. The van der Waals surface area contributed by atoms with Gasteiger partial charge in [0.2, 0.25) is 0 Å². The number of carbonyl (C=O) groups is 1. The lowest BCUT2D eigenvalue weighted by Crippen LogP contribution is -2.21. The zero-order valence-corrected chi connectivity index (χ0v) is 18.6. The molecule has 8 heteroatoms. The Kier molecular flexibility index (Phi) is 6.72. The zero-order chi connectivity index (χ0) is 22.3. The van der Waals surface area contributed by atoms with E-state index in [2.05, 4.69) is 25.7 Å². The first-order chi connectivity index (χ1) is 15.6. The number of hydrogen-bond donors (Lipinski definition) is 1. The number of aryl methyl sites for hydroxylation is 1. The number of aromatic nitrogens is 4. The second-order valence-corrected chi connectivity index (χ2v) is 8.04. The lowest BCUT2D eigenvalue weighted by atomic mass is 10.1. The fourth-order valence-electron chi connectivity index (χ4n) is 3.03. The molecule has 0 bridgehead atoms. The molecule has 4 aromatic rings. The summed E-state index contributed by atoms with van der Waals surface area (Å²) >= 11 is 1.31. The van der Waals surface area contributed by atoms with Crippen LogP contribution in [-0.4, -0.2) is 37.1 Å². The van der Waals surface area contributed by atoms with Gasteiger partial charge in [0.25, 0.3) is 5.91 Å². The van der Waals surface area contributed by atoms with Crippen molar-refractivity contribution in [1.82, 2.24) is 25.2 Å². The Hall–Kier alpha value is -3.78. The van der Waals surface area contributed by atoms with Gasteiger partial charge in [-0.25, -0.2) is 5.43 Å². The number of nitrogens with zero attached hydrogens (tertiary/aromatic N) is 5. The average Bonchev–Trinajstić information content (AvgIpc) is 3.27. The molecule has 2 aromatic heterocycles. The van der Waals surface area contributed by atoms with E-state index in [0.717, 1.165) is 28.1 Å². The molecule has 0 fully saturated rings. The second-order valence-electron chi connectivity index (χ2n) is 7.10. The van der Waals surface area contributed by atoms with Crippen LogP contribution in [0.2, 0.25) is 0 Å². The van der Waals surface area contributed by atoms with E-state index in [0.29, 0.717) is 11.0 Å². The molecule has 0 aliphatic heterocycles. The maximum absolute atomic E-state index is 12.4. The van der Waals surface area contributed by atoms with Crippen LogP contribution in [0.1, 0.15) is 18.1 Å². The Balaban J connectivity index is 1.53. The van der Waals surface area contributed by atoms with E-state index in [1.807, 2.05) is 85.1 Å². The van der Waals surface area contributed by atoms with Crippen molar-refractivity contribution in [1.29, 1.82) is 0 Å². The number of thioether (sulfide) groups is 1. The minimum Gasteiger partial charge on any atom is -0.272 e. The van der Waals surface area contributed by atoms with E-state index in [1.165, 1.54) is 11.8 Å². The van der Waals surface area contributed by atoms with Crippen LogP contribution in [0.15, 0.2) is 89.4 Å². The largest absolute Gasteiger partial charge is 0.272 e. The van der Waals surface area contributed by atoms with Crippen molar-refractivity contribution >= 4 is 23.4 Å². The van der Waals surface area contributed by atoms with Crippen molar-refractivity contribution in [3.8, 4) is 17.1 Å². The van der Waals surface area contributed by atoms with Gasteiger partial charge in [-0.2, -0.15) is 5.10 Å². The summed E-state index contributed by atoms with van der Waals surface area (Å²) in [6.45, 7) is 3.90. The highest BCUT2D eigenvalue weighted by atomic mass is 32.2. The van der Waals surface area contributed by atoms with Crippen molar-refractivity contribution in [2.75, 3.05) is 5.75 Å². The summed E-state index contributed by atoms with van der Waals surface area (Å²) < 4.78 is 1.95. The molecule has 0 aliphatic rings. The van der Waals surface area contributed by atoms with Crippen molar-refractivity contribution in [3.05, 3.63) is 90.3 Å². The SMILES string of the molecule is C/C(=N/NC(=O)CSc1nnc(-c2ccncc2)n1-c1ccc(C)cc1)c1ccccc1. The maximum Gasteiger partial charge on any atom is 0.250 e. The number of pyridine rings is 1. The number of amides is 1. The van der Waals surface area contributed by atoms with E-state index in [-0.39, 0.29) is 11.7 Å². The van der Waals surface area contributed by atoms with Crippen LogP contribution in [0.3, 0.4) is 0 Å². The molecule has 0 spiro atoms. The monoisotopic (exact) mass is 442 g/mol. The molecule has 1 N–H and O–H groups in total. The molecule has 0 atom stereocenters. The summed E-state index contributed by atoms with van der Waals surface area (Å²) in [6, 6.07) is 21.6. The third-order valence-corrected chi connectivity index (χ3v) is 5.67. The molecule has 4 rings (SSSR count). The van der Waals surface area contributed by atoms with Gasteiger partial charge in [-0.1, -0.05) is 59.8 Å². The molecule has 2 heterocycles. The number of carbonyl (C=O) groups excluding carboxylic acids is 1. The van der Waals surface area contributed by atoms with Crippen LogP contribution in [-0.2, 0) is 4.79 Å². The van der Waals surface area contributed by atoms with Crippen LogP contribution in [0.25, 0.3) is 17.1 Å². The molecule has 160 valence electrons. The quantitative estimate of drug-likeness (QED) is 0.262. The second kappa shape index (κ2) is 10.0. The van der Waals surface area contributed by atoms with Gasteiger partial charge in [0, 0.05) is 23.6 Å². The summed E-state index contributed by atoms with van der Waals surface area (Å²) in [7, 11) is 0. The number of rotatable bonds is 7. The third kappa shape index (κ3) is 5.09. The molecular formula is C24H22N6OS. The smallest absolute Gasteiger partial charge is 0.250 e. The molecular weight excluding hydrogens is 420 g/mol. The predicted octanol–water partition coefficient (Wildman–Crippen LogP) is 4.27. The van der Waals surface area contributed by atoms with Gasteiger partial charge in [-0.05, 0) is 43.7 Å². The average molecular weight is 443 g/mol. The molecule has 1 amide bonds. The fraction of sp³-hybridized carbons (Fsp3) is 0.125.